The Kier molecular flexibility index (Phi) is 6.52. The van der Waals surface area contributed by atoms with Gasteiger partial charge in [0.2, 0.25) is 0 Å². The Hall–Kier alpha value is -3.97. The molecule has 1 amide bonds. The number of aromatic nitrogens is 2. The summed E-state index contributed by atoms with van der Waals surface area (Å²) in [6.45, 7) is 0.426. The highest BCUT2D eigenvalue weighted by molar-refractivity contribution is 7.14. The minimum Gasteiger partial charge on any atom is -0.534 e. The Balaban J connectivity index is 1.43. The number of carbonyl (C=O) groups excluding carboxylic acids is 1. The molecular formula is C20H18BN5O6S. The predicted molar refractivity (Wildman–Crippen MR) is 120 cm³/mol. The summed E-state index contributed by atoms with van der Waals surface area (Å²) in [7, 11) is -1.49. The van der Waals surface area contributed by atoms with E-state index in [1.807, 2.05) is 18.2 Å². The molecule has 0 radical (unpaired) electrons. The van der Waals surface area contributed by atoms with Gasteiger partial charge in [0, 0.05) is 11.6 Å². The van der Waals surface area contributed by atoms with Crippen LogP contribution in [-0.2, 0) is 17.8 Å². The third-order valence-electron chi connectivity index (χ3n) is 4.87. The zero-order valence-electron chi connectivity index (χ0n) is 17.0. The maximum atomic E-state index is 12.7. The number of pyridine rings is 1. The van der Waals surface area contributed by atoms with Crippen molar-refractivity contribution < 1.29 is 29.6 Å². The number of oxime groups is 1. The van der Waals surface area contributed by atoms with Gasteiger partial charge in [0.25, 0.3) is 5.91 Å². The van der Waals surface area contributed by atoms with Gasteiger partial charge in [-0.25, -0.2) is 9.78 Å². The molecule has 1 atom stereocenters. The van der Waals surface area contributed by atoms with Gasteiger partial charge in [-0.15, -0.1) is 11.3 Å². The normalized spacial score (nSPS) is 15.4. The monoisotopic (exact) mass is 467 g/mol. The first kappa shape index (κ1) is 22.2. The van der Waals surface area contributed by atoms with Gasteiger partial charge < -0.3 is 30.6 Å². The molecule has 0 saturated heterocycles. The van der Waals surface area contributed by atoms with Crippen molar-refractivity contribution in [2.24, 2.45) is 5.16 Å². The Bertz CT molecular complexity index is 1200. The third kappa shape index (κ3) is 4.94. The molecule has 4 rings (SSSR count). The second-order valence-electron chi connectivity index (χ2n) is 7.05. The van der Waals surface area contributed by atoms with Crippen LogP contribution in [0.5, 0.6) is 5.75 Å². The molecule has 1 aliphatic heterocycles. The van der Waals surface area contributed by atoms with E-state index in [2.05, 4.69) is 25.8 Å². The van der Waals surface area contributed by atoms with E-state index in [9.17, 15) is 24.9 Å². The molecule has 0 fully saturated rings. The van der Waals surface area contributed by atoms with Crippen molar-refractivity contribution in [1.82, 2.24) is 15.3 Å². The van der Waals surface area contributed by atoms with Gasteiger partial charge in [-0.2, -0.15) is 0 Å². The van der Waals surface area contributed by atoms with Crippen LogP contribution in [-0.4, -0.2) is 56.0 Å². The SMILES string of the molecule is O=C(NC1Cc2cccc(C(=O)O)c2OB1O)C(=NO)c1csc(NCc2ccccn2)n1. The zero-order chi connectivity index (χ0) is 23.4. The number of aromatic carboxylic acids is 1. The lowest BCUT2D eigenvalue weighted by Crippen LogP contribution is -2.54. The van der Waals surface area contributed by atoms with Gasteiger partial charge in [0.15, 0.2) is 10.8 Å². The molecule has 3 aromatic rings. The Morgan fingerprint density at radius 2 is 2.12 bits per heavy atom. The first-order valence-corrected chi connectivity index (χ1v) is 10.7. The van der Waals surface area contributed by atoms with Crippen LogP contribution >= 0.6 is 11.3 Å². The second-order valence-corrected chi connectivity index (χ2v) is 7.91. The molecular weight excluding hydrogens is 449 g/mol. The Morgan fingerprint density at radius 3 is 2.85 bits per heavy atom. The van der Waals surface area contributed by atoms with E-state index < -0.39 is 24.9 Å². The van der Waals surface area contributed by atoms with E-state index >= 15 is 0 Å². The van der Waals surface area contributed by atoms with Gasteiger partial charge in [-0.3, -0.25) is 9.78 Å². The number of benzene rings is 1. The molecule has 0 saturated carbocycles. The van der Waals surface area contributed by atoms with Crippen molar-refractivity contribution in [3.8, 4) is 5.75 Å². The molecule has 33 heavy (non-hydrogen) atoms. The maximum absolute atomic E-state index is 12.7. The van der Waals surface area contributed by atoms with Crippen LogP contribution < -0.4 is 15.3 Å². The summed E-state index contributed by atoms with van der Waals surface area (Å²) in [4.78, 5) is 32.6. The lowest BCUT2D eigenvalue weighted by molar-refractivity contribution is -0.115. The number of amides is 1. The van der Waals surface area contributed by atoms with Crippen molar-refractivity contribution in [3.63, 3.8) is 0 Å². The smallest absolute Gasteiger partial charge is 0.534 e. The third-order valence-corrected chi connectivity index (χ3v) is 5.67. The summed E-state index contributed by atoms with van der Waals surface area (Å²) in [6.07, 6.45) is 1.80. The lowest BCUT2D eigenvalue weighted by atomic mass is 9.72. The van der Waals surface area contributed by atoms with Gasteiger partial charge in [-0.05, 0) is 30.2 Å². The number of anilines is 1. The highest BCUT2D eigenvalue weighted by Crippen LogP contribution is 2.30. The summed E-state index contributed by atoms with van der Waals surface area (Å²) in [6, 6.07) is 10.1. The molecule has 1 aromatic carbocycles. The fraction of sp³-hybridized carbons (Fsp3) is 0.150. The molecule has 168 valence electrons. The van der Waals surface area contributed by atoms with Crippen LogP contribution in [0.4, 0.5) is 5.13 Å². The second kappa shape index (κ2) is 9.67. The standard InChI is InChI=1S/C20H18BN5O6S/c27-18(25-15-8-11-4-3-6-13(19(28)29)17(11)32-21(15)30)16(26-31)14-10-33-20(24-14)23-9-12-5-1-2-7-22-12/h1-7,10,15,30-31H,8-9H2,(H,23,24)(H,25,27)(H,28,29). The van der Waals surface area contributed by atoms with E-state index in [1.165, 1.54) is 17.4 Å². The van der Waals surface area contributed by atoms with Gasteiger partial charge >= 0.3 is 13.1 Å². The van der Waals surface area contributed by atoms with Crippen LogP contribution in [0.3, 0.4) is 0 Å². The van der Waals surface area contributed by atoms with Crippen molar-refractivity contribution in [3.05, 3.63) is 70.5 Å². The van der Waals surface area contributed by atoms with Crippen LogP contribution in [0.2, 0.25) is 0 Å². The summed E-state index contributed by atoms with van der Waals surface area (Å²) >= 11 is 1.22. The average molecular weight is 467 g/mol. The number of hydrogen-bond acceptors (Lipinski definition) is 10. The molecule has 1 aliphatic rings. The minimum atomic E-state index is -1.49. The topological polar surface area (TPSA) is 166 Å². The molecule has 5 N–H and O–H groups in total. The van der Waals surface area contributed by atoms with Gasteiger partial charge in [0.1, 0.15) is 11.4 Å². The molecule has 1 unspecified atom stereocenters. The van der Waals surface area contributed by atoms with Crippen LogP contribution in [0.1, 0.15) is 27.3 Å². The maximum Gasteiger partial charge on any atom is 0.547 e. The predicted octanol–water partition coefficient (Wildman–Crippen LogP) is 1.17. The van der Waals surface area contributed by atoms with Crippen molar-refractivity contribution in [2.75, 3.05) is 5.32 Å². The molecule has 11 nitrogen and oxygen atoms in total. The fourth-order valence-corrected chi connectivity index (χ4v) is 3.99. The quantitative estimate of drug-likeness (QED) is 0.148. The summed E-state index contributed by atoms with van der Waals surface area (Å²) < 4.78 is 5.36. The first-order valence-electron chi connectivity index (χ1n) is 9.78. The van der Waals surface area contributed by atoms with E-state index in [0.29, 0.717) is 17.2 Å². The van der Waals surface area contributed by atoms with Crippen molar-refractivity contribution in [2.45, 2.75) is 18.9 Å². The van der Waals surface area contributed by atoms with Gasteiger partial charge in [0.05, 0.1) is 23.7 Å². The Morgan fingerprint density at radius 1 is 1.27 bits per heavy atom. The molecule has 0 spiro atoms. The van der Waals surface area contributed by atoms with Crippen LogP contribution in [0.15, 0.2) is 53.1 Å². The minimum absolute atomic E-state index is 0.0576. The van der Waals surface area contributed by atoms with Crippen LogP contribution in [0, 0.1) is 0 Å². The molecule has 0 bridgehead atoms. The highest BCUT2D eigenvalue weighted by atomic mass is 32.1. The largest absolute Gasteiger partial charge is 0.547 e. The van der Waals surface area contributed by atoms with Crippen molar-refractivity contribution >= 4 is 41.2 Å². The number of hydrogen-bond donors (Lipinski definition) is 5. The van der Waals surface area contributed by atoms with Crippen molar-refractivity contribution in [1.29, 1.82) is 0 Å². The number of carboxylic acids is 1. The molecule has 0 aliphatic carbocycles. The summed E-state index contributed by atoms with van der Waals surface area (Å²) in [5.74, 6) is -2.80. The summed E-state index contributed by atoms with van der Waals surface area (Å²) in [5, 5.41) is 39.8. The number of para-hydroxylation sites is 1. The highest BCUT2D eigenvalue weighted by Gasteiger charge is 2.38. The van der Waals surface area contributed by atoms with E-state index in [0.717, 1.165) is 5.69 Å². The number of rotatable bonds is 7. The lowest BCUT2D eigenvalue weighted by Gasteiger charge is -2.28. The molecule has 2 aromatic heterocycles. The van der Waals surface area contributed by atoms with E-state index in [-0.39, 0.29) is 29.1 Å². The van der Waals surface area contributed by atoms with E-state index in [4.69, 9.17) is 4.65 Å². The average Bonchev–Trinajstić information content (AvgIpc) is 3.27. The summed E-state index contributed by atoms with van der Waals surface area (Å²) in [5.41, 5.74) is 1.04. The number of carboxylic acid groups (broad SMARTS) is 1. The number of nitrogens with one attached hydrogen (secondary N) is 2. The molecule has 13 heteroatoms. The Labute approximate surface area is 191 Å². The van der Waals surface area contributed by atoms with E-state index in [1.54, 1.807) is 23.7 Å². The number of thiazole rings is 1. The van der Waals surface area contributed by atoms with Gasteiger partial charge in [-0.1, -0.05) is 23.4 Å². The number of fused-ring (bicyclic) bond motifs is 1. The zero-order valence-corrected chi connectivity index (χ0v) is 17.8. The number of carbonyl (C=O) groups is 2. The molecule has 3 heterocycles. The fourth-order valence-electron chi connectivity index (χ4n) is 3.30. The number of nitrogens with zero attached hydrogens (tertiary/aromatic N) is 3. The first-order chi connectivity index (χ1) is 16.0. The van der Waals surface area contributed by atoms with Crippen LogP contribution in [0.25, 0.3) is 0 Å².